The third-order valence-corrected chi connectivity index (χ3v) is 5.56. The summed E-state index contributed by atoms with van der Waals surface area (Å²) in [5.41, 5.74) is 0.597. The molecule has 1 saturated heterocycles. The third kappa shape index (κ3) is 2.67. The number of rotatable bonds is 3. The van der Waals surface area contributed by atoms with Crippen molar-refractivity contribution in [3.05, 3.63) is 34.3 Å². The highest BCUT2D eigenvalue weighted by atomic mass is 79.9. The van der Waals surface area contributed by atoms with Gasteiger partial charge >= 0.3 is 5.97 Å². The summed E-state index contributed by atoms with van der Waals surface area (Å²) in [6, 6.07) is 8.00. The summed E-state index contributed by atoms with van der Waals surface area (Å²) in [4.78, 5) is 26.1. The molecule has 4 nitrogen and oxygen atoms in total. The Balaban J connectivity index is 1.88. The fraction of sp³-hybridized carbons (Fsp3) is 0.529. The van der Waals surface area contributed by atoms with E-state index in [0.717, 1.165) is 35.7 Å². The van der Waals surface area contributed by atoms with Crippen molar-refractivity contribution < 1.29 is 14.7 Å². The number of likely N-dealkylation sites (tertiary alicyclic amines) is 1. The van der Waals surface area contributed by atoms with Crippen molar-refractivity contribution >= 4 is 27.8 Å². The molecule has 1 unspecified atom stereocenters. The van der Waals surface area contributed by atoms with Crippen molar-refractivity contribution in [2.45, 2.75) is 37.5 Å². The summed E-state index contributed by atoms with van der Waals surface area (Å²) in [6.07, 6.45) is 4.38. The van der Waals surface area contributed by atoms with Crippen LogP contribution in [0, 0.1) is 5.92 Å². The number of carboxylic acids is 1. The summed E-state index contributed by atoms with van der Waals surface area (Å²) < 4.78 is 0.980. The molecule has 1 aliphatic carbocycles. The van der Waals surface area contributed by atoms with Crippen molar-refractivity contribution in [2.75, 3.05) is 13.1 Å². The first kappa shape index (κ1) is 15.5. The number of hydrogen-bond acceptors (Lipinski definition) is 2. The number of carboxylic acid groups (broad SMARTS) is 1. The lowest BCUT2D eigenvalue weighted by molar-refractivity contribution is -0.142. The van der Waals surface area contributed by atoms with Crippen molar-refractivity contribution in [3.63, 3.8) is 0 Å². The van der Waals surface area contributed by atoms with E-state index >= 15 is 0 Å². The average molecular weight is 366 g/mol. The van der Waals surface area contributed by atoms with Gasteiger partial charge in [0.25, 0.3) is 0 Å². The molecular formula is C17H20BrNO3. The van der Waals surface area contributed by atoms with Gasteiger partial charge in [-0.2, -0.15) is 0 Å². The molecule has 0 radical (unpaired) electrons. The molecule has 1 amide bonds. The maximum absolute atomic E-state index is 13.2. The van der Waals surface area contributed by atoms with Crippen molar-refractivity contribution in [2.24, 2.45) is 5.92 Å². The van der Waals surface area contributed by atoms with Gasteiger partial charge < -0.3 is 10.0 Å². The number of halogens is 1. The van der Waals surface area contributed by atoms with E-state index in [1.54, 1.807) is 4.90 Å². The van der Waals surface area contributed by atoms with Crippen LogP contribution in [0.1, 0.15) is 37.7 Å². The Bertz CT molecular complexity index is 595. The lowest BCUT2D eigenvalue weighted by Gasteiger charge is -2.33. The van der Waals surface area contributed by atoms with Crippen LogP contribution in [-0.2, 0) is 15.0 Å². The van der Waals surface area contributed by atoms with Crippen molar-refractivity contribution in [3.8, 4) is 0 Å². The highest BCUT2D eigenvalue weighted by molar-refractivity contribution is 9.10. The first-order valence-electron chi connectivity index (χ1n) is 7.81. The van der Waals surface area contributed by atoms with E-state index in [2.05, 4.69) is 15.9 Å². The van der Waals surface area contributed by atoms with Gasteiger partial charge in [-0.3, -0.25) is 9.59 Å². The smallest absolute Gasteiger partial charge is 0.308 e. The highest BCUT2D eigenvalue weighted by Crippen LogP contribution is 2.44. The van der Waals surface area contributed by atoms with Crippen molar-refractivity contribution in [1.29, 1.82) is 0 Å². The Labute approximate surface area is 138 Å². The van der Waals surface area contributed by atoms with Crippen LogP contribution in [0.4, 0.5) is 0 Å². The van der Waals surface area contributed by atoms with Gasteiger partial charge in [-0.15, -0.1) is 0 Å². The largest absolute Gasteiger partial charge is 0.481 e. The molecule has 1 atom stereocenters. The molecule has 2 fully saturated rings. The van der Waals surface area contributed by atoms with E-state index in [-0.39, 0.29) is 5.91 Å². The van der Waals surface area contributed by atoms with Crippen LogP contribution in [0.2, 0.25) is 0 Å². The topological polar surface area (TPSA) is 57.6 Å². The van der Waals surface area contributed by atoms with Gasteiger partial charge in [-0.05, 0) is 37.0 Å². The molecule has 0 aromatic heterocycles. The minimum atomic E-state index is -0.793. The van der Waals surface area contributed by atoms with Crippen LogP contribution in [-0.4, -0.2) is 35.0 Å². The zero-order chi connectivity index (χ0) is 15.7. The first-order chi connectivity index (χ1) is 10.5. The van der Waals surface area contributed by atoms with E-state index in [9.17, 15) is 9.59 Å². The van der Waals surface area contributed by atoms with Crippen LogP contribution < -0.4 is 0 Å². The van der Waals surface area contributed by atoms with E-state index in [1.807, 2.05) is 24.3 Å². The molecule has 3 rings (SSSR count). The predicted octanol–water partition coefficient (Wildman–Crippen LogP) is 3.19. The molecule has 22 heavy (non-hydrogen) atoms. The van der Waals surface area contributed by atoms with Crippen LogP contribution in [0.3, 0.4) is 0 Å². The van der Waals surface area contributed by atoms with Gasteiger partial charge in [0.05, 0.1) is 11.3 Å². The van der Waals surface area contributed by atoms with E-state index < -0.39 is 17.3 Å². The van der Waals surface area contributed by atoms with Gasteiger partial charge in [0.2, 0.25) is 5.91 Å². The second-order valence-corrected chi connectivity index (χ2v) is 7.29. The molecule has 118 valence electrons. The average Bonchev–Trinajstić information content (AvgIpc) is 3.17. The number of nitrogens with zero attached hydrogens (tertiary/aromatic N) is 1. The Morgan fingerprint density at radius 1 is 1.27 bits per heavy atom. The summed E-state index contributed by atoms with van der Waals surface area (Å²) in [5.74, 6) is -1.09. The lowest BCUT2D eigenvalue weighted by Crippen LogP contribution is -2.44. The molecule has 0 bridgehead atoms. The van der Waals surface area contributed by atoms with Crippen LogP contribution in [0.5, 0.6) is 0 Å². The standard InChI is InChI=1S/C17H20BrNO3/c18-14-5-3-4-13(10-14)17(7-1-2-8-17)16(22)19-9-6-12(11-19)15(20)21/h3-5,10,12H,1-2,6-9,11H2,(H,20,21). The third-order valence-electron chi connectivity index (χ3n) is 5.07. The van der Waals surface area contributed by atoms with Gasteiger partial charge in [-0.1, -0.05) is 40.9 Å². The maximum atomic E-state index is 13.2. The summed E-state index contributed by atoms with van der Waals surface area (Å²) >= 11 is 3.49. The Kier molecular flexibility index (Phi) is 4.26. The van der Waals surface area contributed by atoms with Crippen LogP contribution in [0.25, 0.3) is 0 Å². The number of benzene rings is 1. The molecule has 1 heterocycles. The second kappa shape index (κ2) is 6.03. The van der Waals surface area contributed by atoms with Gasteiger partial charge in [0.1, 0.15) is 0 Å². The minimum absolute atomic E-state index is 0.117. The summed E-state index contributed by atoms with van der Waals surface area (Å²) in [7, 11) is 0. The fourth-order valence-corrected chi connectivity index (χ4v) is 4.24. The molecule has 5 heteroatoms. The quantitative estimate of drug-likeness (QED) is 0.894. The molecular weight excluding hydrogens is 346 g/mol. The molecule has 1 aromatic carbocycles. The SMILES string of the molecule is O=C(O)C1CCN(C(=O)C2(c3cccc(Br)c3)CCCC2)C1. The lowest BCUT2D eigenvalue weighted by atomic mass is 9.77. The van der Waals surface area contributed by atoms with Gasteiger partial charge in [-0.25, -0.2) is 0 Å². The molecule has 1 aliphatic heterocycles. The Morgan fingerprint density at radius 3 is 2.59 bits per heavy atom. The Morgan fingerprint density at radius 2 is 2.00 bits per heavy atom. The van der Waals surface area contributed by atoms with E-state index in [4.69, 9.17) is 5.11 Å². The fourth-order valence-electron chi connectivity index (χ4n) is 3.84. The van der Waals surface area contributed by atoms with Gasteiger partial charge in [0.15, 0.2) is 0 Å². The molecule has 2 aliphatic rings. The van der Waals surface area contributed by atoms with E-state index in [1.165, 1.54) is 0 Å². The second-order valence-electron chi connectivity index (χ2n) is 6.37. The highest BCUT2D eigenvalue weighted by Gasteiger charge is 2.46. The van der Waals surface area contributed by atoms with Crippen LogP contribution in [0.15, 0.2) is 28.7 Å². The maximum Gasteiger partial charge on any atom is 0.308 e. The number of carbonyl (C=O) groups excluding carboxylic acids is 1. The predicted molar refractivity (Wildman–Crippen MR) is 86.6 cm³/mol. The molecule has 0 spiro atoms. The number of amides is 1. The normalized spacial score (nSPS) is 23.7. The first-order valence-corrected chi connectivity index (χ1v) is 8.60. The Hall–Kier alpha value is -1.36. The summed E-state index contributed by atoms with van der Waals surface area (Å²) in [6.45, 7) is 0.912. The number of hydrogen-bond donors (Lipinski definition) is 1. The minimum Gasteiger partial charge on any atom is -0.481 e. The molecule has 1 saturated carbocycles. The van der Waals surface area contributed by atoms with Crippen molar-refractivity contribution in [1.82, 2.24) is 4.90 Å². The summed E-state index contributed by atoms with van der Waals surface area (Å²) in [5, 5.41) is 9.15. The van der Waals surface area contributed by atoms with Crippen LogP contribution >= 0.6 is 15.9 Å². The zero-order valence-corrected chi connectivity index (χ0v) is 14.0. The van der Waals surface area contributed by atoms with Gasteiger partial charge in [0, 0.05) is 17.6 Å². The number of carbonyl (C=O) groups is 2. The molecule has 1 aromatic rings. The monoisotopic (exact) mass is 365 g/mol. The number of aliphatic carboxylic acids is 1. The zero-order valence-electron chi connectivity index (χ0n) is 12.4. The molecule has 1 N–H and O–H groups in total. The van der Waals surface area contributed by atoms with E-state index in [0.29, 0.717) is 19.5 Å².